The number of nitrogens with zero attached hydrogens (tertiary/aromatic N) is 4. The Morgan fingerprint density at radius 2 is 1.76 bits per heavy atom. The molecule has 0 atom stereocenters. The van der Waals surface area contributed by atoms with Crippen LogP contribution in [0.3, 0.4) is 0 Å². The van der Waals surface area contributed by atoms with Gasteiger partial charge >= 0.3 is 0 Å². The number of aromatic nitrogens is 4. The van der Waals surface area contributed by atoms with Gasteiger partial charge in [-0.05, 0) is 12.1 Å². The highest BCUT2D eigenvalue weighted by Gasteiger charge is 2.22. The number of aryl methyl sites for hydroxylation is 2. The number of benzene rings is 1. The third-order valence-electron chi connectivity index (χ3n) is 3.28. The van der Waals surface area contributed by atoms with Crippen LogP contribution in [0.1, 0.15) is 0 Å². The zero-order valence-corrected chi connectivity index (χ0v) is 13.0. The zero-order chi connectivity index (χ0) is 15.1. The number of nitrogen functional groups attached to an aromatic ring is 1. The van der Waals surface area contributed by atoms with Gasteiger partial charge < -0.3 is 5.73 Å². The number of halogens is 2. The first-order chi connectivity index (χ1) is 9.99. The molecule has 5 nitrogen and oxygen atoms in total. The topological polar surface area (TPSA) is 61.7 Å². The second-order valence-corrected chi connectivity index (χ2v) is 5.55. The third-order valence-corrected chi connectivity index (χ3v) is 3.91. The second kappa shape index (κ2) is 5.09. The summed E-state index contributed by atoms with van der Waals surface area (Å²) in [6.07, 6.45) is 3.60. The molecule has 3 rings (SSSR count). The lowest BCUT2D eigenvalue weighted by molar-refractivity contribution is 0.767. The summed E-state index contributed by atoms with van der Waals surface area (Å²) in [5.41, 5.74) is 9.15. The second-order valence-electron chi connectivity index (χ2n) is 4.73. The molecule has 0 radical (unpaired) electrons. The summed E-state index contributed by atoms with van der Waals surface area (Å²) in [6, 6.07) is 5.36. The lowest BCUT2D eigenvalue weighted by Gasteiger charge is -2.08. The average molecular weight is 322 g/mol. The van der Waals surface area contributed by atoms with E-state index in [4.69, 9.17) is 28.9 Å². The first-order valence-corrected chi connectivity index (χ1v) is 7.00. The molecule has 2 aromatic heterocycles. The standard InChI is InChI=1S/C14H13Cl2N5/c1-20-7-8(6-18-20)13-12(14(17)21(2)19-13)11-9(15)4-3-5-10(11)16/h3-7H,17H2,1-2H3. The molecule has 0 saturated carbocycles. The van der Waals surface area contributed by atoms with Crippen molar-refractivity contribution >= 4 is 29.0 Å². The summed E-state index contributed by atoms with van der Waals surface area (Å²) in [6.45, 7) is 0. The minimum absolute atomic E-state index is 0.504. The van der Waals surface area contributed by atoms with Gasteiger partial charge in [-0.25, -0.2) is 0 Å². The van der Waals surface area contributed by atoms with Gasteiger partial charge in [0.1, 0.15) is 11.5 Å². The molecule has 0 saturated heterocycles. The molecule has 2 heterocycles. The van der Waals surface area contributed by atoms with Crippen molar-refractivity contribution in [3.8, 4) is 22.4 Å². The molecule has 0 aliphatic heterocycles. The number of anilines is 1. The fraction of sp³-hybridized carbons (Fsp3) is 0.143. The Morgan fingerprint density at radius 3 is 2.33 bits per heavy atom. The molecule has 0 unspecified atom stereocenters. The van der Waals surface area contributed by atoms with Gasteiger partial charge in [0.2, 0.25) is 0 Å². The van der Waals surface area contributed by atoms with E-state index in [9.17, 15) is 0 Å². The largest absolute Gasteiger partial charge is 0.383 e. The van der Waals surface area contributed by atoms with Crippen LogP contribution in [-0.2, 0) is 14.1 Å². The molecule has 1 aromatic carbocycles. The minimum Gasteiger partial charge on any atom is -0.383 e. The van der Waals surface area contributed by atoms with Gasteiger partial charge in [-0.2, -0.15) is 10.2 Å². The predicted octanol–water partition coefficient (Wildman–Crippen LogP) is 3.38. The van der Waals surface area contributed by atoms with E-state index in [1.165, 1.54) is 0 Å². The summed E-state index contributed by atoms with van der Waals surface area (Å²) in [5.74, 6) is 0.504. The smallest absolute Gasteiger partial charge is 0.130 e. The van der Waals surface area contributed by atoms with Crippen LogP contribution in [0.25, 0.3) is 22.4 Å². The van der Waals surface area contributed by atoms with Crippen LogP contribution < -0.4 is 5.73 Å². The first kappa shape index (κ1) is 14.0. The van der Waals surface area contributed by atoms with Crippen LogP contribution in [0.2, 0.25) is 10.0 Å². The van der Waals surface area contributed by atoms with Gasteiger partial charge in [0.05, 0.1) is 21.8 Å². The summed E-state index contributed by atoms with van der Waals surface area (Å²) < 4.78 is 3.31. The van der Waals surface area contributed by atoms with E-state index >= 15 is 0 Å². The molecule has 0 bridgehead atoms. The highest BCUT2D eigenvalue weighted by atomic mass is 35.5. The Labute approximate surface area is 131 Å². The monoisotopic (exact) mass is 321 g/mol. The maximum absolute atomic E-state index is 6.31. The minimum atomic E-state index is 0.504. The Hall–Kier alpha value is -1.98. The normalized spacial score (nSPS) is 11.0. The van der Waals surface area contributed by atoms with Crippen LogP contribution in [0.4, 0.5) is 5.82 Å². The SMILES string of the molecule is Cn1cc(-c2nn(C)c(N)c2-c2c(Cl)cccc2Cl)cn1. The molecule has 0 amide bonds. The Balaban J connectivity index is 2.32. The molecule has 3 aromatic rings. The first-order valence-electron chi connectivity index (χ1n) is 6.25. The van der Waals surface area contributed by atoms with E-state index in [1.807, 2.05) is 13.2 Å². The highest BCUT2D eigenvalue weighted by Crippen LogP contribution is 2.42. The van der Waals surface area contributed by atoms with Crippen molar-refractivity contribution in [3.63, 3.8) is 0 Å². The zero-order valence-electron chi connectivity index (χ0n) is 11.5. The molecule has 0 fully saturated rings. The Morgan fingerprint density at radius 1 is 1.10 bits per heavy atom. The van der Waals surface area contributed by atoms with Crippen molar-refractivity contribution in [1.29, 1.82) is 0 Å². The van der Waals surface area contributed by atoms with Crippen molar-refractivity contribution in [2.75, 3.05) is 5.73 Å². The van der Waals surface area contributed by atoms with Gasteiger partial charge in [-0.1, -0.05) is 29.3 Å². The van der Waals surface area contributed by atoms with Crippen molar-refractivity contribution in [3.05, 3.63) is 40.6 Å². The van der Waals surface area contributed by atoms with Crippen LogP contribution in [0.15, 0.2) is 30.6 Å². The molecule has 0 aliphatic carbocycles. The number of hydrogen-bond acceptors (Lipinski definition) is 3. The number of hydrogen-bond donors (Lipinski definition) is 1. The molecule has 7 heteroatoms. The third kappa shape index (κ3) is 2.28. The van der Waals surface area contributed by atoms with Gasteiger partial charge in [-0.3, -0.25) is 9.36 Å². The fourth-order valence-corrected chi connectivity index (χ4v) is 2.85. The molecule has 2 N–H and O–H groups in total. The van der Waals surface area contributed by atoms with Gasteiger partial charge in [0.25, 0.3) is 0 Å². The fourth-order valence-electron chi connectivity index (χ4n) is 2.27. The van der Waals surface area contributed by atoms with Gasteiger partial charge in [0, 0.05) is 31.4 Å². The summed E-state index contributed by atoms with van der Waals surface area (Å²) in [4.78, 5) is 0. The maximum Gasteiger partial charge on any atom is 0.130 e. The number of nitrogens with two attached hydrogens (primary N) is 1. The quantitative estimate of drug-likeness (QED) is 0.787. The molecule has 0 spiro atoms. The van der Waals surface area contributed by atoms with Crippen LogP contribution in [0.5, 0.6) is 0 Å². The number of rotatable bonds is 2. The van der Waals surface area contributed by atoms with Gasteiger partial charge in [0.15, 0.2) is 0 Å². The maximum atomic E-state index is 6.31. The van der Waals surface area contributed by atoms with Crippen molar-refractivity contribution in [2.45, 2.75) is 0 Å². The van der Waals surface area contributed by atoms with Crippen LogP contribution in [0, 0.1) is 0 Å². The Bertz CT molecular complexity index is 799. The Kier molecular flexibility index (Phi) is 3.39. The van der Waals surface area contributed by atoms with Crippen LogP contribution in [-0.4, -0.2) is 19.6 Å². The van der Waals surface area contributed by atoms with E-state index in [0.717, 1.165) is 11.1 Å². The van der Waals surface area contributed by atoms with Crippen molar-refractivity contribution in [2.24, 2.45) is 14.1 Å². The van der Waals surface area contributed by atoms with E-state index in [0.29, 0.717) is 27.1 Å². The van der Waals surface area contributed by atoms with E-state index in [1.54, 1.807) is 40.8 Å². The highest BCUT2D eigenvalue weighted by molar-refractivity contribution is 6.39. The van der Waals surface area contributed by atoms with Crippen LogP contribution >= 0.6 is 23.2 Å². The summed E-state index contributed by atoms with van der Waals surface area (Å²) in [5, 5.41) is 9.71. The van der Waals surface area contributed by atoms with Crippen molar-refractivity contribution in [1.82, 2.24) is 19.6 Å². The van der Waals surface area contributed by atoms with E-state index in [2.05, 4.69) is 10.2 Å². The predicted molar refractivity (Wildman–Crippen MR) is 85.3 cm³/mol. The molecule has 21 heavy (non-hydrogen) atoms. The lowest BCUT2D eigenvalue weighted by atomic mass is 10.0. The van der Waals surface area contributed by atoms with E-state index in [-0.39, 0.29) is 0 Å². The molecule has 108 valence electrons. The molecule has 0 aliphatic rings. The molecular weight excluding hydrogens is 309 g/mol. The van der Waals surface area contributed by atoms with Crippen molar-refractivity contribution < 1.29 is 0 Å². The lowest BCUT2D eigenvalue weighted by Crippen LogP contribution is -1.98. The van der Waals surface area contributed by atoms with E-state index < -0.39 is 0 Å². The molecular formula is C14H13Cl2N5. The average Bonchev–Trinajstić information content (AvgIpc) is 2.97. The summed E-state index contributed by atoms with van der Waals surface area (Å²) >= 11 is 12.6. The summed E-state index contributed by atoms with van der Waals surface area (Å²) in [7, 11) is 3.63. The van der Waals surface area contributed by atoms with Gasteiger partial charge in [-0.15, -0.1) is 0 Å².